The highest BCUT2D eigenvalue weighted by molar-refractivity contribution is 7.22. The van der Waals surface area contributed by atoms with Gasteiger partial charge in [-0.3, -0.25) is 25.0 Å². The number of morpholine rings is 1. The molecule has 0 aliphatic carbocycles. The Morgan fingerprint density at radius 3 is 2.65 bits per heavy atom. The maximum Gasteiger partial charge on any atom is 0.270 e. The fourth-order valence-electron chi connectivity index (χ4n) is 3.32. The Balaban J connectivity index is 1.63. The number of anilines is 3. The van der Waals surface area contributed by atoms with E-state index in [-0.39, 0.29) is 17.2 Å². The number of hydrogen-bond donors (Lipinski definition) is 2. The smallest absolute Gasteiger partial charge is 0.270 e. The summed E-state index contributed by atoms with van der Waals surface area (Å²) in [4.78, 5) is 41.4. The van der Waals surface area contributed by atoms with Crippen LogP contribution in [-0.4, -0.2) is 48.0 Å². The van der Waals surface area contributed by atoms with Gasteiger partial charge in [0.1, 0.15) is 0 Å². The van der Waals surface area contributed by atoms with E-state index in [9.17, 15) is 19.7 Å². The molecule has 11 heteroatoms. The summed E-state index contributed by atoms with van der Waals surface area (Å²) >= 11 is 1.25. The largest absolute Gasteiger partial charge is 0.378 e. The molecule has 2 heterocycles. The maximum atomic E-state index is 13.1. The summed E-state index contributed by atoms with van der Waals surface area (Å²) in [5, 5.41) is 17.1. The van der Waals surface area contributed by atoms with E-state index in [2.05, 4.69) is 15.6 Å². The number of thiazole rings is 1. The minimum Gasteiger partial charge on any atom is -0.378 e. The Morgan fingerprint density at radius 1 is 1.16 bits per heavy atom. The van der Waals surface area contributed by atoms with Gasteiger partial charge in [-0.15, -0.1) is 0 Å². The third-order valence-corrected chi connectivity index (χ3v) is 5.65. The van der Waals surface area contributed by atoms with Gasteiger partial charge in [-0.25, -0.2) is 4.98 Å². The lowest BCUT2D eigenvalue weighted by Crippen LogP contribution is -2.37. The van der Waals surface area contributed by atoms with Gasteiger partial charge in [-0.05, 0) is 24.3 Å². The lowest BCUT2D eigenvalue weighted by molar-refractivity contribution is -0.384. The molecule has 0 saturated carbocycles. The van der Waals surface area contributed by atoms with Crippen molar-refractivity contribution in [1.82, 2.24) is 4.98 Å². The van der Waals surface area contributed by atoms with Crippen LogP contribution in [0.4, 0.5) is 22.2 Å². The number of amides is 2. The Hall–Kier alpha value is -3.57. The quantitative estimate of drug-likeness (QED) is 0.460. The predicted molar refractivity (Wildman–Crippen MR) is 118 cm³/mol. The summed E-state index contributed by atoms with van der Waals surface area (Å²) < 4.78 is 6.15. The first-order valence-corrected chi connectivity index (χ1v) is 10.3. The van der Waals surface area contributed by atoms with Crippen molar-refractivity contribution < 1.29 is 19.2 Å². The number of ether oxygens (including phenoxy) is 1. The number of hydrogen-bond acceptors (Lipinski definition) is 8. The number of rotatable bonds is 5. The van der Waals surface area contributed by atoms with Crippen LogP contribution < -0.4 is 15.5 Å². The van der Waals surface area contributed by atoms with E-state index in [1.165, 1.54) is 30.4 Å². The zero-order valence-electron chi connectivity index (χ0n) is 16.6. The number of carbonyl (C=O) groups is 2. The van der Waals surface area contributed by atoms with E-state index in [0.29, 0.717) is 48.3 Å². The normalized spacial score (nSPS) is 13.8. The minimum atomic E-state index is -0.527. The van der Waals surface area contributed by atoms with Crippen LogP contribution in [-0.2, 0) is 9.53 Å². The number of fused-ring (bicyclic) bond motifs is 1. The molecule has 3 aromatic rings. The first-order chi connectivity index (χ1) is 14.9. The molecule has 1 aromatic heterocycles. The first kappa shape index (κ1) is 20.7. The molecule has 1 fully saturated rings. The molecule has 1 aliphatic rings. The van der Waals surface area contributed by atoms with Crippen LogP contribution >= 0.6 is 11.3 Å². The summed E-state index contributed by atoms with van der Waals surface area (Å²) in [6, 6.07) is 9.52. The van der Waals surface area contributed by atoms with Crippen molar-refractivity contribution in [3.05, 3.63) is 52.1 Å². The van der Waals surface area contributed by atoms with E-state index < -0.39 is 10.8 Å². The van der Waals surface area contributed by atoms with Crippen molar-refractivity contribution in [2.24, 2.45) is 0 Å². The van der Waals surface area contributed by atoms with Crippen molar-refractivity contribution in [3.63, 3.8) is 0 Å². The van der Waals surface area contributed by atoms with Crippen LogP contribution in [0.5, 0.6) is 0 Å². The van der Waals surface area contributed by atoms with Crippen molar-refractivity contribution in [2.45, 2.75) is 6.92 Å². The van der Waals surface area contributed by atoms with Crippen molar-refractivity contribution >= 4 is 55.6 Å². The summed E-state index contributed by atoms with van der Waals surface area (Å²) in [7, 11) is 0. The van der Waals surface area contributed by atoms with E-state index in [0.717, 1.165) is 4.70 Å². The fourth-order valence-corrected chi connectivity index (χ4v) is 4.22. The highest BCUT2D eigenvalue weighted by atomic mass is 32.1. The first-order valence-electron chi connectivity index (χ1n) is 9.51. The number of nitrogens with one attached hydrogen (secondary N) is 2. The molecule has 4 rings (SSSR count). The summed E-state index contributed by atoms with van der Waals surface area (Å²) in [6.45, 7) is 3.64. The van der Waals surface area contributed by atoms with E-state index in [4.69, 9.17) is 4.74 Å². The van der Waals surface area contributed by atoms with Gasteiger partial charge in [0.15, 0.2) is 5.13 Å². The van der Waals surface area contributed by atoms with Gasteiger partial charge in [-0.2, -0.15) is 0 Å². The molecule has 1 saturated heterocycles. The van der Waals surface area contributed by atoms with Crippen LogP contribution in [0.1, 0.15) is 17.3 Å². The number of benzene rings is 2. The molecule has 160 valence electrons. The van der Waals surface area contributed by atoms with Gasteiger partial charge in [-0.1, -0.05) is 11.3 Å². The Bertz CT molecular complexity index is 1170. The summed E-state index contributed by atoms with van der Waals surface area (Å²) in [6.07, 6.45) is 0. The van der Waals surface area contributed by atoms with Gasteiger partial charge in [0.25, 0.3) is 11.6 Å². The van der Waals surface area contributed by atoms with E-state index in [1.807, 2.05) is 4.90 Å². The van der Waals surface area contributed by atoms with Crippen LogP contribution in [0.3, 0.4) is 0 Å². The van der Waals surface area contributed by atoms with Crippen LogP contribution in [0, 0.1) is 10.1 Å². The van der Waals surface area contributed by atoms with Gasteiger partial charge in [0.05, 0.1) is 39.6 Å². The van der Waals surface area contributed by atoms with Gasteiger partial charge in [0, 0.05) is 37.8 Å². The van der Waals surface area contributed by atoms with Gasteiger partial charge < -0.3 is 15.0 Å². The molecule has 1 aliphatic heterocycles. The third kappa shape index (κ3) is 4.62. The monoisotopic (exact) mass is 441 g/mol. The maximum absolute atomic E-state index is 13.1. The average Bonchev–Trinajstić information content (AvgIpc) is 3.14. The third-order valence-electron chi connectivity index (χ3n) is 4.72. The van der Waals surface area contributed by atoms with Crippen LogP contribution in [0.25, 0.3) is 10.2 Å². The second-order valence-electron chi connectivity index (χ2n) is 6.89. The molecule has 0 radical (unpaired) electrons. The number of aromatic nitrogens is 1. The van der Waals surface area contributed by atoms with Crippen molar-refractivity contribution in [1.29, 1.82) is 0 Å². The number of nitrogens with zero attached hydrogens (tertiary/aromatic N) is 3. The van der Waals surface area contributed by atoms with E-state index >= 15 is 0 Å². The molecule has 0 bridgehead atoms. The van der Waals surface area contributed by atoms with Crippen LogP contribution in [0.2, 0.25) is 0 Å². The molecule has 0 unspecified atom stereocenters. The molecule has 2 aromatic carbocycles. The number of nitro groups is 1. The highest BCUT2D eigenvalue weighted by Gasteiger charge is 2.23. The summed E-state index contributed by atoms with van der Waals surface area (Å²) in [5.41, 5.74) is 1.96. The van der Waals surface area contributed by atoms with Crippen LogP contribution in [0.15, 0.2) is 36.4 Å². The highest BCUT2D eigenvalue weighted by Crippen LogP contribution is 2.31. The number of carbonyl (C=O) groups excluding carboxylic acids is 2. The van der Waals surface area contributed by atoms with Gasteiger partial charge >= 0.3 is 0 Å². The Morgan fingerprint density at radius 2 is 1.94 bits per heavy atom. The molecule has 2 N–H and O–H groups in total. The topological polar surface area (TPSA) is 127 Å². The second kappa shape index (κ2) is 8.66. The van der Waals surface area contributed by atoms with Gasteiger partial charge in [0.2, 0.25) is 5.91 Å². The molecular weight excluding hydrogens is 422 g/mol. The summed E-state index contributed by atoms with van der Waals surface area (Å²) in [5.74, 6) is -0.662. The molecule has 10 nitrogen and oxygen atoms in total. The zero-order valence-corrected chi connectivity index (χ0v) is 17.4. The Labute approximate surface area is 181 Å². The SMILES string of the molecule is CC(=O)Nc1ccc2nc(NC(=O)c3cc([N+](=O)[O-])ccc3N3CCOCC3)sc2c1. The predicted octanol–water partition coefficient (Wildman–Crippen LogP) is 3.25. The van der Waals surface area contributed by atoms with Crippen molar-refractivity contribution in [3.8, 4) is 0 Å². The van der Waals surface area contributed by atoms with Crippen molar-refractivity contribution in [2.75, 3.05) is 41.8 Å². The fraction of sp³-hybridized carbons (Fsp3) is 0.250. The Kier molecular flexibility index (Phi) is 5.78. The lowest BCUT2D eigenvalue weighted by Gasteiger charge is -2.30. The number of nitro benzene ring substituents is 1. The molecule has 0 spiro atoms. The number of non-ortho nitro benzene ring substituents is 1. The molecule has 31 heavy (non-hydrogen) atoms. The minimum absolute atomic E-state index is 0.161. The van der Waals surface area contributed by atoms with E-state index in [1.54, 1.807) is 24.3 Å². The lowest BCUT2D eigenvalue weighted by atomic mass is 10.1. The standard InChI is InChI=1S/C20H19N5O5S/c1-12(26)21-13-2-4-16-18(10-13)31-20(22-16)23-19(27)15-11-14(25(28)29)3-5-17(15)24-6-8-30-9-7-24/h2-5,10-11H,6-9H2,1H3,(H,21,26)(H,22,23,27). The molecular formula is C20H19N5O5S. The molecule has 0 atom stereocenters. The molecule has 2 amide bonds. The average molecular weight is 441 g/mol. The zero-order chi connectivity index (χ0) is 22.0. The second-order valence-corrected chi connectivity index (χ2v) is 7.93.